The highest BCUT2D eigenvalue weighted by Gasteiger charge is 2.57. The van der Waals surface area contributed by atoms with E-state index in [9.17, 15) is 14.4 Å². The molecule has 0 aliphatic carbocycles. The summed E-state index contributed by atoms with van der Waals surface area (Å²) in [5.74, 6) is -1.33. The van der Waals surface area contributed by atoms with Crippen molar-refractivity contribution in [1.82, 2.24) is 5.32 Å². The van der Waals surface area contributed by atoms with Gasteiger partial charge in [-0.1, -0.05) is 23.9 Å². The minimum atomic E-state index is -0.979. The van der Waals surface area contributed by atoms with E-state index in [1.54, 1.807) is 11.8 Å². The molecule has 2 amide bonds. The molecule has 0 radical (unpaired) electrons. The van der Waals surface area contributed by atoms with E-state index in [-0.39, 0.29) is 18.2 Å². The van der Waals surface area contributed by atoms with Crippen LogP contribution in [0.2, 0.25) is 0 Å². The molecular formula is C15H16N2O4S. The van der Waals surface area contributed by atoms with Crippen LogP contribution >= 0.6 is 11.8 Å². The van der Waals surface area contributed by atoms with Crippen molar-refractivity contribution >= 4 is 35.2 Å². The van der Waals surface area contributed by atoms with Crippen molar-refractivity contribution in [3.63, 3.8) is 0 Å². The first-order chi connectivity index (χ1) is 10.4. The van der Waals surface area contributed by atoms with Crippen LogP contribution in [0.15, 0.2) is 29.2 Å². The summed E-state index contributed by atoms with van der Waals surface area (Å²) in [6.07, 6.45) is 0.603. The van der Waals surface area contributed by atoms with Crippen LogP contribution in [-0.2, 0) is 14.4 Å². The second-order valence-electron chi connectivity index (χ2n) is 5.56. The fraction of sp³-hybridized carbons (Fsp3) is 0.400. The molecule has 0 bridgehead atoms. The smallest absolute Gasteiger partial charge is 0.305 e. The fourth-order valence-corrected chi connectivity index (χ4v) is 4.37. The maximum Gasteiger partial charge on any atom is 0.305 e. The number of hydrogen-bond acceptors (Lipinski definition) is 4. The third kappa shape index (κ3) is 2.25. The van der Waals surface area contributed by atoms with Crippen LogP contribution in [0.5, 0.6) is 0 Å². The molecule has 116 valence electrons. The summed E-state index contributed by atoms with van der Waals surface area (Å²) in [5.41, 5.74) is 0.760. The summed E-state index contributed by atoms with van der Waals surface area (Å²) in [5, 5.41) is 11.5. The third-order valence-corrected chi connectivity index (χ3v) is 5.36. The van der Waals surface area contributed by atoms with E-state index in [1.807, 2.05) is 24.3 Å². The highest BCUT2D eigenvalue weighted by molar-refractivity contribution is 8.02. The summed E-state index contributed by atoms with van der Waals surface area (Å²) in [6.45, 7) is 1.65. The molecule has 2 atom stereocenters. The van der Waals surface area contributed by atoms with Crippen molar-refractivity contribution < 1.29 is 19.5 Å². The quantitative estimate of drug-likeness (QED) is 0.880. The number of nitrogens with one attached hydrogen (secondary N) is 1. The Labute approximate surface area is 131 Å². The van der Waals surface area contributed by atoms with Crippen molar-refractivity contribution in [1.29, 1.82) is 0 Å². The SMILES string of the molecule is CC(CC(=O)O)NC(=O)C12CCC(=O)N1c1ccccc1S2. The van der Waals surface area contributed by atoms with E-state index in [4.69, 9.17) is 5.11 Å². The van der Waals surface area contributed by atoms with Crippen LogP contribution in [0, 0.1) is 0 Å². The molecule has 0 aromatic heterocycles. The first-order valence-corrected chi connectivity index (χ1v) is 7.89. The van der Waals surface area contributed by atoms with Crippen LogP contribution in [0.1, 0.15) is 26.2 Å². The van der Waals surface area contributed by atoms with Gasteiger partial charge in [0.05, 0.1) is 12.1 Å². The number of carboxylic acids is 1. The number of benzene rings is 1. The summed E-state index contributed by atoms with van der Waals surface area (Å²) in [6, 6.07) is 6.95. The minimum absolute atomic E-state index is 0.0708. The first kappa shape index (κ1) is 14.9. The van der Waals surface area contributed by atoms with Crippen molar-refractivity contribution in [2.24, 2.45) is 0 Å². The number of carbonyl (C=O) groups is 3. The zero-order chi connectivity index (χ0) is 15.9. The van der Waals surface area contributed by atoms with Gasteiger partial charge in [0, 0.05) is 17.4 Å². The van der Waals surface area contributed by atoms with Gasteiger partial charge < -0.3 is 10.4 Å². The molecule has 1 saturated heterocycles. The Bertz CT molecular complexity index is 663. The molecule has 3 rings (SSSR count). The Balaban J connectivity index is 1.88. The summed E-state index contributed by atoms with van der Waals surface area (Å²) >= 11 is 1.37. The average Bonchev–Trinajstić information content (AvgIpc) is 2.94. The monoisotopic (exact) mass is 320 g/mol. The molecule has 1 aromatic carbocycles. The van der Waals surface area contributed by atoms with Crippen LogP contribution in [0.4, 0.5) is 5.69 Å². The molecule has 2 aliphatic rings. The molecular weight excluding hydrogens is 304 g/mol. The molecule has 2 unspecified atom stereocenters. The van der Waals surface area contributed by atoms with Crippen molar-refractivity contribution in [2.45, 2.75) is 42.0 Å². The van der Waals surface area contributed by atoms with Gasteiger partial charge in [-0.05, 0) is 25.5 Å². The van der Waals surface area contributed by atoms with Gasteiger partial charge in [-0.3, -0.25) is 19.3 Å². The van der Waals surface area contributed by atoms with E-state index in [2.05, 4.69) is 5.32 Å². The Hall–Kier alpha value is -2.02. The van der Waals surface area contributed by atoms with Crippen molar-refractivity contribution in [2.75, 3.05) is 4.90 Å². The van der Waals surface area contributed by atoms with E-state index in [0.29, 0.717) is 12.8 Å². The molecule has 0 saturated carbocycles. The molecule has 22 heavy (non-hydrogen) atoms. The largest absolute Gasteiger partial charge is 0.481 e. The molecule has 2 aliphatic heterocycles. The van der Waals surface area contributed by atoms with Gasteiger partial charge in [-0.15, -0.1) is 0 Å². The van der Waals surface area contributed by atoms with Gasteiger partial charge in [0.1, 0.15) is 0 Å². The van der Waals surface area contributed by atoms with Crippen LogP contribution in [0.25, 0.3) is 0 Å². The number of amides is 2. The van der Waals surface area contributed by atoms with Crippen LogP contribution in [0.3, 0.4) is 0 Å². The maximum atomic E-state index is 12.7. The molecule has 2 N–H and O–H groups in total. The zero-order valence-electron chi connectivity index (χ0n) is 12.0. The second kappa shape index (κ2) is 5.31. The fourth-order valence-electron chi connectivity index (χ4n) is 2.95. The minimum Gasteiger partial charge on any atom is -0.481 e. The number of nitrogens with zero attached hydrogens (tertiary/aromatic N) is 1. The average molecular weight is 320 g/mol. The van der Waals surface area contributed by atoms with Crippen LogP contribution in [-0.4, -0.2) is 33.8 Å². The lowest BCUT2D eigenvalue weighted by Gasteiger charge is -2.30. The van der Waals surface area contributed by atoms with Gasteiger partial charge in [0.25, 0.3) is 5.91 Å². The number of thioether (sulfide) groups is 1. The van der Waals surface area contributed by atoms with Crippen molar-refractivity contribution in [3.8, 4) is 0 Å². The highest BCUT2D eigenvalue weighted by Crippen LogP contribution is 2.55. The van der Waals surface area contributed by atoms with Crippen molar-refractivity contribution in [3.05, 3.63) is 24.3 Å². The van der Waals surface area contributed by atoms with Gasteiger partial charge in [-0.2, -0.15) is 0 Å². The normalized spacial score (nSPS) is 23.9. The molecule has 7 heteroatoms. The van der Waals surface area contributed by atoms with E-state index in [0.717, 1.165) is 10.6 Å². The number of rotatable bonds is 4. The predicted octanol–water partition coefficient (Wildman–Crippen LogP) is 1.59. The first-order valence-electron chi connectivity index (χ1n) is 7.08. The molecule has 0 spiro atoms. The number of para-hydroxylation sites is 1. The lowest BCUT2D eigenvalue weighted by molar-refractivity contribution is -0.137. The summed E-state index contributed by atoms with van der Waals surface area (Å²) < 4.78 is 0. The number of anilines is 1. The van der Waals surface area contributed by atoms with Crippen LogP contribution < -0.4 is 10.2 Å². The van der Waals surface area contributed by atoms with Gasteiger partial charge in [-0.25, -0.2) is 0 Å². The topological polar surface area (TPSA) is 86.7 Å². The lowest BCUT2D eigenvalue weighted by atomic mass is 10.1. The Kier molecular flexibility index (Phi) is 3.60. The lowest BCUT2D eigenvalue weighted by Crippen LogP contribution is -2.54. The summed E-state index contributed by atoms with van der Waals surface area (Å²) in [4.78, 5) is 37.2. The molecule has 2 heterocycles. The number of hydrogen-bond donors (Lipinski definition) is 2. The summed E-state index contributed by atoms with van der Waals surface area (Å²) in [7, 11) is 0. The van der Waals surface area contributed by atoms with E-state index in [1.165, 1.54) is 11.8 Å². The number of carbonyl (C=O) groups excluding carboxylic acids is 2. The number of carboxylic acid groups (broad SMARTS) is 1. The zero-order valence-corrected chi connectivity index (χ0v) is 12.9. The van der Waals surface area contributed by atoms with Gasteiger partial charge in [0.15, 0.2) is 4.87 Å². The Morgan fingerprint density at radius 1 is 1.45 bits per heavy atom. The van der Waals surface area contributed by atoms with E-state index >= 15 is 0 Å². The molecule has 1 fully saturated rings. The Morgan fingerprint density at radius 3 is 2.91 bits per heavy atom. The Morgan fingerprint density at radius 2 is 2.18 bits per heavy atom. The van der Waals surface area contributed by atoms with Gasteiger partial charge in [0.2, 0.25) is 5.91 Å². The maximum absolute atomic E-state index is 12.7. The number of aliphatic carboxylic acids is 1. The highest BCUT2D eigenvalue weighted by atomic mass is 32.2. The number of fused-ring (bicyclic) bond motifs is 3. The second-order valence-corrected chi connectivity index (χ2v) is 6.88. The molecule has 6 nitrogen and oxygen atoms in total. The third-order valence-electron chi connectivity index (χ3n) is 3.89. The predicted molar refractivity (Wildman–Crippen MR) is 81.6 cm³/mol. The van der Waals surface area contributed by atoms with Gasteiger partial charge >= 0.3 is 5.97 Å². The molecule has 1 aromatic rings. The standard InChI is InChI=1S/C15H16N2O4S/c1-9(8-13(19)20)16-14(21)15-7-6-12(18)17(15)10-4-2-3-5-11(10)22-15/h2-5,9H,6-8H2,1H3,(H,16,21)(H,19,20). The van der Waals surface area contributed by atoms with E-state index < -0.39 is 16.9 Å².